The lowest BCUT2D eigenvalue weighted by Crippen LogP contribution is -2.11. The van der Waals surface area contributed by atoms with Crippen LogP contribution in [0.5, 0.6) is 0 Å². The third-order valence-corrected chi connectivity index (χ3v) is 3.05. The Balaban J connectivity index is 2.30. The minimum Gasteiger partial charge on any atom is -0.464 e. The molecule has 0 N–H and O–H groups in total. The van der Waals surface area contributed by atoms with E-state index in [9.17, 15) is 9.18 Å². The van der Waals surface area contributed by atoms with Crippen LogP contribution < -0.4 is 0 Å². The molecule has 0 saturated heterocycles. The van der Waals surface area contributed by atoms with Gasteiger partial charge in [0.2, 0.25) is 0 Å². The van der Waals surface area contributed by atoms with Crippen LogP contribution >= 0.6 is 15.9 Å². The zero-order chi connectivity index (χ0) is 13.8. The molecule has 0 aliphatic carbocycles. The number of aromatic nitrogens is 2. The predicted octanol–water partition coefficient (Wildman–Crippen LogP) is 2.76. The summed E-state index contributed by atoms with van der Waals surface area (Å²) in [4.78, 5) is 18.8. The Kier molecular flexibility index (Phi) is 4.21. The predicted molar refractivity (Wildman–Crippen MR) is 70.3 cm³/mol. The Bertz CT molecular complexity index is 602. The molecule has 0 aliphatic heterocycles. The van der Waals surface area contributed by atoms with Crippen molar-refractivity contribution in [2.75, 3.05) is 7.11 Å². The third-order valence-electron chi connectivity index (χ3n) is 2.53. The van der Waals surface area contributed by atoms with Gasteiger partial charge in [0.05, 0.1) is 12.8 Å². The molecule has 4 nitrogen and oxygen atoms in total. The smallest absolute Gasteiger partial charge is 0.359 e. The number of ether oxygens (including phenoxy) is 1. The van der Waals surface area contributed by atoms with E-state index in [1.807, 2.05) is 24.3 Å². The molecule has 0 saturated carbocycles. The van der Waals surface area contributed by atoms with Gasteiger partial charge in [0.1, 0.15) is 6.33 Å². The maximum absolute atomic E-state index is 14.0. The summed E-state index contributed by atoms with van der Waals surface area (Å²) in [6, 6.07) is 7.41. The molecular formula is C13H10BrFN2O2. The molecular weight excluding hydrogens is 315 g/mol. The molecule has 0 fully saturated rings. The molecule has 2 aromatic rings. The summed E-state index contributed by atoms with van der Waals surface area (Å²) in [5.41, 5.74) is 0.707. The fourth-order valence-corrected chi connectivity index (χ4v) is 1.83. The van der Waals surface area contributed by atoms with Crippen LogP contribution in [-0.2, 0) is 11.2 Å². The Morgan fingerprint density at radius 1 is 1.32 bits per heavy atom. The lowest BCUT2D eigenvalue weighted by molar-refractivity contribution is 0.0587. The van der Waals surface area contributed by atoms with E-state index < -0.39 is 11.8 Å². The first-order valence-corrected chi connectivity index (χ1v) is 6.23. The van der Waals surface area contributed by atoms with Crippen molar-refractivity contribution < 1.29 is 13.9 Å². The van der Waals surface area contributed by atoms with Crippen LogP contribution in [-0.4, -0.2) is 23.0 Å². The standard InChI is InChI=1S/C13H10BrFN2O2/c1-19-13(18)12-11(15)10(16-7-17-12)6-8-2-4-9(14)5-3-8/h2-5,7H,6H2,1H3. The highest BCUT2D eigenvalue weighted by Gasteiger charge is 2.18. The molecule has 1 heterocycles. The Morgan fingerprint density at radius 2 is 2.00 bits per heavy atom. The van der Waals surface area contributed by atoms with Gasteiger partial charge in [-0.1, -0.05) is 28.1 Å². The fourth-order valence-electron chi connectivity index (χ4n) is 1.56. The molecule has 0 aliphatic rings. The largest absolute Gasteiger partial charge is 0.464 e. The topological polar surface area (TPSA) is 52.1 Å². The Labute approximate surface area is 117 Å². The van der Waals surface area contributed by atoms with E-state index in [1.54, 1.807) is 0 Å². The molecule has 2 rings (SSSR count). The quantitative estimate of drug-likeness (QED) is 0.815. The van der Waals surface area contributed by atoms with Crippen molar-refractivity contribution in [2.45, 2.75) is 6.42 Å². The highest BCUT2D eigenvalue weighted by molar-refractivity contribution is 9.10. The van der Waals surface area contributed by atoms with E-state index in [1.165, 1.54) is 7.11 Å². The van der Waals surface area contributed by atoms with Crippen LogP contribution in [0, 0.1) is 5.82 Å². The van der Waals surface area contributed by atoms with Gasteiger partial charge in [-0.2, -0.15) is 0 Å². The average Bonchev–Trinajstić information content (AvgIpc) is 2.43. The number of benzene rings is 1. The normalized spacial score (nSPS) is 10.3. The first kappa shape index (κ1) is 13.6. The van der Waals surface area contributed by atoms with Crippen molar-refractivity contribution in [3.8, 4) is 0 Å². The number of hydrogen-bond acceptors (Lipinski definition) is 4. The lowest BCUT2D eigenvalue weighted by atomic mass is 10.1. The van der Waals surface area contributed by atoms with Crippen molar-refractivity contribution in [2.24, 2.45) is 0 Å². The van der Waals surface area contributed by atoms with E-state index in [0.29, 0.717) is 0 Å². The molecule has 1 aromatic carbocycles. The summed E-state index contributed by atoms with van der Waals surface area (Å²) >= 11 is 3.32. The second kappa shape index (κ2) is 5.88. The minimum atomic E-state index is -0.808. The Morgan fingerprint density at radius 3 is 2.63 bits per heavy atom. The van der Waals surface area contributed by atoms with Crippen molar-refractivity contribution >= 4 is 21.9 Å². The van der Waals surface area contributed by atoms with E-state index in [0.717, 1.165) is 16.4 Å². The van der Waals surface area contributed by atoms with Gasteiger partial charge in [-0.15, -0.1) is 0 Å². The van der Waals surface area contributed by atoms with Gasteiger partial charge < -0.3 is 4.74 Å². The van der Waals surface area contributed by atoms with Crippen LogP contribution in [0.15, 0.2) is 35.1 Å². The lowest BCUT2D eigenvalue weighted by Gasteiger charge is -2.05. The molecule has 0 atom stereocenters. The SMILES string of the molecule is COC(=O)c1ncnc(Cc2ccc(Br)cc2)c1F. The third kappa shape index (κ3) is 3.14. The van der Waals surface area contributed by atoms with Gasteiger partial charge in [-0.05, 0) is 17.7 Å². The highest BCUT2D eigenvalue weighted by Crippen LogP contribution is 2.16. The number of esters is 1. The monoisotopic (exact) mass is 324 g/mol. The van der Waals surface area contributed by atoms with Crippen LogP contribution in [0.3, 0.4) is 0 Å². The minimum absolute atomic E-state index is 0.165. The summed E-state index contributed by atoms with van der Waals surface area (Å²) in [5, 5.41) is 0. The number of rotatable bonds is 3. The zero-order valence-electron chi connectivity index (χ0n) is 10.1. The van der Waals surface area contributed by atoms with Crippen LogP contribution in [0.4, 0.5) is 4.39 Å². The maximum atomic E-state index is 14.0. The van der Waals surface area contributed by atoms with Crippen molar-refractivity contribution in [1.82, 2.24) is 9.97 Å². The molecule has 0 unspecified atom stereocenters. The molecule has 0 radical (unpaired) electrons. The summed E-state index contributed by atoms with van der Waals surface area (Å²) in [6.45, 7) is 0. The molecule has 6 heteroatoms. The molecule has 1 aromatic heterocycles. The Hall–Kier alpha value is -1.82. The number of hydrogen-bond donors (Lipinski definition) is 0. The molecule has 0 bridgehead atoms. The maximum Gasteiger partial charge on any atom is 0.359 e. The summed E-state index contributed by atoms with van der Waals surface area (Å²) in [7, 11) is 1.18. The number of carbonyl (C=O) groups excluding carboxylic acids is 1. The van der Waals surface area contributed by atoms with Gasteiger partial charge in [0.25, 0.3) is 0 Å². The van der Waals surface area contributed by atoms with E-state index in [4.69, 9.17) is 0 Å². The first-order chi connectivity index (χ1) is 9.11. The van der Waals surface area contributed by atoms with Crippen LogP contribution in [0.25, 0.3) is 0 Å². The van der Waals surface area contributed by atoms with Gasteiger partial charge in [-0.25, -0.2) is 19.2 Å². The fraction of sp³-hybridized carbons (Fsp3) is 0.154. The van der Waals surface area contributed by atoms with Crippen molar-refractivity contribution in [3.63, 3.8) is 0 Å². The molecule has 0 spiro atoms. The van der Waals surface area contributed by atoms with Gasteiger partial charge in [-0.3, -0.25) is 0 Å². The van der Waals surface area contributed by atoms with Gasteiger partial charge in [0.15, 0.2) is 11.5 Å². The highest BCUT2D eigenvalue weighted by atomic mass is 79.9. The second-order valence-electron chi connectivity index (χ2n) is 3.78. The summed E-state index contributed by atoms with van der Waals surface area (Å²) in [5.74, 6) is -1.55. The van der Waals surface area contributed by atoms with Crippen molar-refractivity contribution in [1.29, 1.82) is 0 Å². The van der Waals surface area contributed by atoms with Crippen LogP contribution in [0.1, 0.15) is 21.7 Å². The van der Waals surface area contributed by atoms with Gasteiger partial charge >= 0.3 is 5.97 Å². The van der Waals surface area contributed by atoms with Crippen LogP contribution in [0.2, 0.25) is 0 Å². The summed E-state index contributed by atoms with van der Waals surface area (Å²) in [6.07, 6.45) is 1.44. The number of nitrogens with zero attached hydrogens (tertiary/aromatic N) is 2. The van der Waals surface area contributed by atoms with E-state index in [2.05, 4.69) is 30.6 Å². The molecule has 19 heavy (non-hydrogen) atoms. The van der Waals surface area contributed by atoms with Crippen molar-refractivity contribution in [3.05, 3.63) is 57.8 Å². The first-order valence-electron chi connectivity index (χ1n) is 5.44. The van der Waals surface area contributed by atoms with Gasteiger partial charge in [0, 0.05) is 10.9 Å². The second-order valence-corrected chi connectivity index (χ2v) is 4.69. The number of carbonyl (C=O) groups is 1. The zero-order valence-corrected chi connectivity index (χ0v) is 11.6. The number of halogens is 2. The summed E-state index contributed by atoms with van der Waals surface area (Å²) < 4.78 is 19.4. The molecule has 0 amide bonds. The number of methoxy groups -OCH3 is 1. The van der Waals surface area contributed by atoms with E-state index >= 15 is 0 Å². The van der Waals surface area contributed by atoms with E-state index in [-0.39, 0.29) is 17.8 Å². The average molecular weight is 325 g/mol. The molecule has 98 valence electrons.